The second-order valence-corrected chi connectivity index (χ2v) is 6.16. The van der Waals surface area contributed by atoms with E-state index in [0.29, 0.717) is 21.9 Å². The second-order valence-electron chi connectivity index (χ2n) is 5.72. The number of fused-ring (bicyclic) bond motifs is 1. The monoisotopic (exact) mass is 389 g/mol. The summed E-state index contributed by atoms with van der Waals surface area (Å²) < 4.78 is 11.6. The first kappa shape index (κ1) is 18.7. The Labute approximate surface area is 158 Å². The molecule has 0 bridgehead atoms. The summed E-state index contributed by atoms with van der Waals surface area (Å²) in [6.45, 7) is 1.53. The Morgan fingerprint density at radius 2 is 2.07 bits per heavy atom. The van der Waals surface area contributed by atoms with Gasteiger partial charge in [0.25, 0.3) is 5.91 Å². The number of hydrogen-bond acceptors (Lipinski definition) is 6. The summed E-state index contributed by atoms with van der Waals surface area (Å²) in [6, 6.07) is 10.0. The number of nitrogens with one attached hydrogen (secondary N) is 1. The van der Waals surface area contributed by atoms with Gasteiger partial charge in [-0.05, 0) is 31.2 Å². The number of anilines is 1. The van der Waals surface area contributed by atoms with E-state index in [0.717, 1.165) is 0 Å². The number of rotatable bonds is 6. The molecular weight excluding hydrogens is 374 g/mol. The molecule has 8 nitrogen and oxygen atoms in total. The Hall–Kier alpha value is -3.13. The van der Waals surface area contributed by atoms with Crippen LogP contribution in [-0.2, 0) is 20.9 Å². The highest BCUT2D eigenvalue weighted by atomic mass is 35.5. The van der Waals surface area contributed by atoms with Gasteiger partial charge in [-0.1, -0.05) is 23.7 Å². The summed E-state index contributed by atoms with van der Waals surface area (Å²) in [5, 5.41) is 2.96. The van der Waals surface area contributed by atoms with Gasteiger partial charge in [-0.3, -0.25) is 14.2 Å². The van der Waals surface area contributed by atoms with Crippen LogP contribution in [0, 0.1) is 0 Å². The van der Waals surface area contributed by atoms with E-state index in [1.54, 1.807) is 30.3 Å². The number of nitrogens with zero attached hydrogens (tertiary/aromatic N) is 2. The molecule has 0 aliphatic carbocycles. The maximum absolute atomic E-state index is 12.1. The minimum Gasteiger partial charge on any atom is -0.452 e. The van der Waals surface area contributed by atoms with Gasteiger partial charge in [0.1, 0.15) is 5.82 Å². The molecule has 0 saturated carbocycles. The molecule has 0 fully saturated rings. The molecule has 0 aliphatic rings. The number of amides is 1. The summed E-state index contributed by atoms with van der Waals surface area (Å²) >= 11 is 5.73. The number of ether oxygens (including phenoxy) is 1. The molecule has 3 rings (SSSR count). The average molecular weight is 390 g/mol. The molecule has 140 valence electrons. The van der Waals surface area contributed by atoms with Gasteiger partial charge in [0.05, 0.1) is 17.0 Å². The van der Waals surface area contributed by atoms with E-state index < -0.39 is 23.7 Å². The quantitative estimate of drug-likeness (QED) is 0.650. The molecule has 2 aromatic heterocycles. The Bertz CT molecular complexity index is 1030. The lowest BCUT2D eigenvalue weighted by molar-refractivity contribution is -0.153. The first-order valence-corrected chi connectivity index (χ1v) is 8.52. The number of carbonyl (C=O) groups excluding carboxylic acids is 2. The molecule has 0 spiro atoms. The maximum Gasteiger partial charge on any atom is 0.419 e. The summed E-state index contributed by atoms with van der Waals surface area (Å²) in [7, 11) is 0. The highest BCUT2D eigenvalue weighted by Gasteiger charge is 2.19. The van der Waals surface area contributed by atoms with Crippen LogP contribution in [0.2, 0.25) is 5.02 Å². The largest absolute Gasteiger partial charge is 0.452 e. The van der Waals surface area contributed by atoms with Crippen molar-refractivity contribution in [3.05, 3.63) is 58.2 Å². The van der Waals surface area contributed by atoms with Crippen LogP contribution in [0.3, 0.4) is 0 Å². The molecule has 0 aliphatic heterocycles. The zero-order chi connectivity index (χ0) is 19.4. The van der Waals surface area contributed by atoms with Crippen LogP contribution in [0.5, 0.6) is 0 Å². The topological polar surface area (TPSA) is 103 Å². The molecule has 27 heavy (non-hydrogen) atoms. The summed E-state index contributed by atoms with van der Waals surface area (Å²) in [5.41, 5.74) is 1.04. The number of benzene rings is 1. The van der Waals surface area contributed by atoms with Gasteiger partial charge < -0.3 is 14.5 Å². The SMILES string of the molecule is C[C@@H](OC(=O)CCn1c(=O)oc2ccccc21)C(=O)Nc1ccc(Cl)cn1. The molecule has 1 amide bonds. The zero-order valence-electron chi connectivity index (χ0n) is 14.3. The normalized spacial score (nSPS) is 11.9. The van der Waals surface area contributed by atoms with Crippen molar-refractivity contribution in [3.63, 3.8) is 0 Å². The fraction of sp³-hybridized carbons (Fsp3) is 0.222. The third-order valence-corrected chi connectivity index (χ3v) is 3.99. The Kier molecular flexibility index (Phi) is 5.56. The lowest BCUT2D eigenvalue weighted by Gasteiger charge is -2.13. The van der Waals surface area contributed by atoms with E-state index in [1.807, 2.05) is 0 Å². The second kappa shape index (κ2) is 8.05. The lowest BCUT2D eigenvalue weighted by atomic mass is 10.3. The fourth-order valence-electron chi connectivity index (χ4n) is 2.42. The molecule has 1 atom stereocenters. The van der Waals surface area contributed by atoms with Gasteiger partial charge in [0.2, 0.25) is 0 Å². The molecular formula is C18H16ClN3O5. The summed E-state index contributed by atoms with van der Waals surface area (Å²) in [6.07, 6.45) is 0.286. The van der Waals surface area contributed by atoms with E-state index in [-0.39, 0.29) is 13.0 Å². The number of esters is 1. The predicted molar refractivity (Wildman–Crippen MR) is 98.5 cm³/mol. The van der Waals surface area contributed by atoms with Crippen molar-refractivity contribution >= 4 is 40.4 Å². The molecule has 1 N–H and O–H groups in total. The van der Waals surface area contributed by atoms with Crippen molar-refractivity contribution in [2.45, 2.75) is 26.0 Å². The van der Waals surface area contributed by atoms with Gasteiger partial charge in [0.15, 0.2) is 11.7 Å². The Morgan fingerprint density at radius 3 is 2.81 bits per heavy atom. The Balaban J connectivity index is 1.55. The number of para-hydroxylation sites is 2. The zero-order valence-corrected chi connectivity index (χ0v) is 15.1. The van der Waals surface area contributed by atoms with Crippen LogP contribution in [0.4, 0.5) is 5.82 Å². The molecule has 9 heteroatoms. The van der Waals surface area contributed by atoms with Crippen LogP contribution < -0.4 is 11.1 Å². The van der Waals surface area contributed by atoms with Gasteiger partial charge in [0, 0.05) is 12.7 Å². The van der Waals surface area contributed by atoms with Crippen LogP contribution in [0.15, 0.2) is 51.8 Å². The van der Waals surface area contributed by atoms with Gasteiger partial charge >= 0.3 is 11.7 Å². The van der Waals surface area contributed by atoms with E-state index >= 15 is 0 Å². The number of oxazole rings is 1. The third-order valence-electron chi connectivity index (χ3n) is 3.77. The number of hydrogen-bond donors (Lipinski definition) is 1. The first-order chi connectivity index (χ1) is 12.9. The number of carbonyl (C=O) groups is 2. The van der Waals surface area contributed by atoms with Crippen molar-refractivity contribution in [1.29, 1.82) is 0 Å². The average Bonchev–Trinajstić information content (AvgIpc) is 2.97. The highest BCUT2D eigenvalue weighted by Crippen LogP contribution is 2.13. The van der Waals surface area contributed by atoms with E-state index in [4.69, 9.17) is 20.8 Å². The predicted octanol–water partition coefficient (Wildman–Crippen LogP) is 2.60. The van der Waals surface area contributed by atoms with Crippen molar-refractivity contribution in [2.24, 2.45) is 0 Å². The van der Waals surface area contributed by atoms with Crippen molar-refractivity contribution < 1.29 is 18.7 Å². The van der Waals surface area contributed by atoms with Crippen molar-refractivity contribution in [3.8, 4) is 0 Å². The summed E-state index contributed by atoms with van der Waals surface area (Å²) in [5.74, 6) is -1.39. The highest BCUT2D eigenvalue weighted by molar-refractivity contribution is 6.30. The van der Waals surface area contributed by atoms with Gasteiger partial charge in [-0.15, -0.1) is 0 Å². The minimum atomic E-state index is -1.02. The minimum absolute atomic E-state index is 0.0831. The molecule has 0 unspecified atom stereocenters. The van der Waals surface area contributed by atoms with Gasteiger partial charge in [-0.25, -0.2) is 9.78 Å². The number of pyridine rings is 1. The maximum atomic E-state index is 12.1. The van der Waals surface area contributed by atoms with Crippen molar-refractivity contribution in [2.75, 3.05) is 5.32 Å². The number of aromatic nitrogens is 2. The van der Waals surface area contributed by atoms with Crippen LogP contribution in [0.1, 0.15) is 13.3 Å². The Morgan fingerprint density at radius 1 is 1.30 bits per heavy atom. The molecule has 1 aromatic carbocycles. The fourth-order valence-corrected chi connectivity index (χ4v) is 2.53. The number of aryl methyl sites for hydroxylation is 1. The van der Waals surface area contributed by atoms with Crippen LogP contribution in [0.25, 0.3) is 11.1 Å². The first-order valence-electron chi connectivity index (χ1n) is 8.14. The van der Waals surface area contributed by atoms with E-state index in [2.05, 4.69) is 10.3 Å². The lowest BCUT2D eigenvalue weighted by Crippen LogP contribution is -2.30. The molecule has 0 saturated heterocycles. The van der Waals surface area contributed by atoms with E-state index in [1.165, 1.54) is 23.8 Å². The third kappa shape index (κ3) is 4.53. The summed E-state index contributed by atoms with van der Waals surface area (Å²) in [4.78, 5) is 39.9. The van der Waals surface area contributed by atoms with Gasteiger partial charge in [-0.2, -0.15) is 0 Å². The molecule has 0 radical (unpaired) electrons. The van der Waals surface area contributed by atoms with E-state index in [9.17, 15) is 14.4 Å². The van der Waals surface area contributed by atoms with Crippen LogP contribution >= 0.6 is 11.6 Å². The number of halogens is 1. The molecule has 3 aromatic rings. The molecule has 2 heterocycles. The van der Waals surface area contributed by atoms with Crippen molar-refractivity contribution in [1.82, 2.24) is 9.55 Å². The van der Waals surface area contributed by atoms with Crippen LogP contribution in [-0.4, -0.2) is 27.5 Å². The smallest absolute Gasteiger partial charge is 0.419 e. The standard InChI is InChI=1S/C18H16ClN3O5/c1-11(17(24)21-15-7-6-12(19)10-20-15)26-16(23)8-9-22-13-4-2-3-5-14(13)27-18(22)25/h2-7,10-11H,8-9H2,1H3,(H,20,21,24)/t11-/m1/s1.